The van der Waals surface area contributed by atoms with Crippen LogP contribution in [0.1, 0.15) is 16.7 Å². The van der Waals surface area contributed by atoms with E-state index >= 15 is 0 Å². The van der Waals surface area contributed by atoms with E-state index in [1.54, 1.807) is 24.3 Å². The van der Waals surface area contributed by atoms with Gasteiger partial charge < -0.3 is 0 Å². The number of benzene rings is 2. The van der Waals surface area contributed by atoms with Crippen molar-refractivity contribution in [2.45, 2.75) is 13.1 Å². The lowest BCUT2D eigenvalue weighted by Crippen LogP contribution is -2.54. The van der Waals surface area contributed by atoms with Gasteiger partial charge >= 0.3 is 12.2 Å². The summed E-state index contributed by atoms with van der Waals surface area (Å²) >= 11 is 0. The van der Waals surface area contributed by atoms with Gasteiger partial charge in [-0.3, -0.25) is 14.9 Å². The number of hydrogen-bond acceptors (Lipinski definition) is 3. The lowest BCUT2D eigenvalue weighted by atomic mass is 10.1. The van der Waals surface area contributed by atoms with E-state index in [4.69, 9.17) is 0 Å². The first-order valence-corrected chi connectivity index (χ1v) is 7.82. The zero-order valence-corrected chi connectivity index (χ0v) is 14.0. The van der Waals surface area contributed by atoms with Crippen molar-refractivity contribution < 1.29 is 27.6 Å². The monoisotopic (exact) mass is 374 g/mol. The number of rotatable bonds is 2. The zero-order valence-electron chi connectivity index (χ0n) is 14.0. The van der Waals surface area contributed by atoms with Gasteiger partial charge in [0.15, 0.2) is 0 Å². The van der Waals surface area contributed by atoms with Crippen molar-refractivity contribution in [3.8, 4) is 0 Å². The average Bonchev–Trinajstić information content (AvgIpc) is 2.60. The SMILES string of the molecule is Cc1ccc(N2C(=O)NC(=O)C(=Cc3ccc(C(F)(F)F)cc3)C2=O)cc1. The van der Waals surface area contributed by atoms with Crippen molar-refractivity contribution in [1.82, 2.24) is 5.32 Å². The third kappa shape index (κ3) is 3.74. The molecule has 0 aromatic heterocycles. The molecule has 0 saturated carbocycles. The van der Waals surface area contributed by atoms with Gasteiger partial charge in [-0.15, -0.1) is 0 Å². The number of nitrogens with zero attached hydrogens (tertiary/aromatic N) is 1. The molecule has 2 aromatic rings. The molecule has 5 nitrogen and oxygen atoms in total. The summed E-state index contributed by atoms with van der Waals surface area (Å²) in [5.74, 6) is -1.76. The maximum absolute atomic E-state index is 12.7. The van der Waals surface area contributed by atoms with Gasteiger partial charge in [0.2, 0.25) is 0 Å². The van der Waals surface area contributed by atoms with Crippen LogP contribution in [0.25, 0.3) is 6.08 Å². The molecular weight excluding hydrogens is 361 g/mol. The molecule has 1 aliphatic rings. The maximum atomic E-state index is 12.7. The molecule has 0 aliphatic carbocycles. The Labute approximate surface area is 152 Å². The molecule has 8 heteroatoms. The Morgan fingerprint density at radius 1 is 0.926 bits per heavy atom. The number of halogens is 3. The van der Waals surface area contributed by atoms with Crippen molar-refractivity contribution in [2.24, 2.45) is 0 Å². The number of barbiturate groups is 1. The fourth-order valence-corrected chi connectivity index (χ4v) is 2.52. The number of carbonyl (C=O) groups is 3. The van der Waals surface area contributed by atoms with Gasteiger partial charge in [0, 0.05) is 0 Å². The van der Waals surface area contributed by atoms with Gasteiger partial charge in [-0.05, 0) is 42.8 Å². The second-order valence-corrected chi connectivity index (χ2v) is 5.91. The predicted octanol–water partition coefficient (Wildman–Crippen LogP) is 3.68. The fraction of sp³-hybridized carbons (Fsp3) is 0.105. The van der Waals surface area contributed by atoms with E-state index in [1.165, 1.54) is 0 Å². The van der Waals surface area contributed by atoms with E-state index in [0.717, 1.165) is 40.8 Å². The van der Waals surface area contributed by atoms with Gasteiger partial charge in [-0.1, -0.05) is 29.8 Å². The molecule has 0 radical (unpaired) electrons. The van der Waals surface area contributed by atoms with Crippen molar-refractivity contribution >= 4 is 29.6 Å². The summed E-state index contributed by atoms with van der Waals surface area (Å²) in [4.78, 5) is 37.6. The van der Waals surface area contributed by atoms with Crippen LogP contribution in [0, 0.1) is 6.92 Å². The number of anilines is 1. The first-order chi connectivity index (χ1) is 12.7. The Kier molecular flexibility index (Phi) is 4.57. The van der Waals surface area contributed by atoms with E-state index in [9.17, 15) is 27.6 Å². The van der Waals surface area contributed by atoms with E-state index in [0.29, 0.717) is 0 Å². The first-order valence-electron chi connectivity index (χ1n) is 7.82. The minimum Gasteiger partial charge on any atom is -0.273 e. The van der Waals surface area contributed by atoms with Crippen molar-refractivity contribution in [2.75, 3.05) is 4.90 Å². The van der Waals surface area contributed by atoms with Crippen LogP contribution in [0.2, 0.25) is 0 Å². The van der Waals surface area contributed by atoms with Crippen LogP contribution < -0.4 is 10.2 Å². The molecule has 1 fully saturated rings. The minimum absolute atomic E-state index is 0.222. The first kappa shape index (κ1) is 18.4. The number of alkyl halides is 3. The summed E-state index contributed by atoms with van der Waals surface area (Å²) < 4.78 is 37.9. The molecule has 3 rings (SSSR count). The van der Waals surface area contributed by atoms with Crippen LogP contribution in [-0.4, -0.2) is 17.8 Å². The second kappa shape index (κ2) is 6.71. The number of urea groups is 1. The molecule has 4 amide bonds. The number of hydrogen-bond donors (Lipinski definition) is 1. The largest absolute Gasteiger partial charge is 0.416 e. The highest BCUT2D eigenvalue weighted by Gasteiger charge is 2.37. The molecule has 27 heavy (non-hydrogen) atoms. The van der Waals surface area contributed by atoms with Gasteiger partial charge in [-0.25, -0.2) is 9.69 Å². The van der Waals surface area contributed by atoms with Crippen molar-refractivity contribution in [1.29, 1.82) is 0 Å². The third-order valence-corrected chi connectivity index (χ3v) is 3.94. The topological polar surface area (TPSA) is 66.5 Å². The van der Waals surface area contributed by atoms with Crippen molar-refractivity contribution in [3.05, 3.63) is 70.8 Å². The molecule has 2 aromatic carbocycles. The Balaban J connectivity index is 1.95. The Morgan fingerprint density at radius 2 is 1.52 bits per heavy atom. The van der Waals surface area contributed by atoms with Gasteiger partial charge in [0.25, 0.3) is 11.8 Å². The lowest BCUT2D eigenvalue weighted by molar-refractivity contribution is -0.137. The molecule has 1 aliphatic heterocycles. The highest BCUT2D eigenvalue weighted by molar-refractivity contribution is 6.39. The van der Waals surface area contributed by atoms with Gasteiger partial charge in [0.1, 0.15) is 5.57 Å². The van der Waals surface area contributed by atoms with Crippen LogP contribution in [0.5, 0.6) is 0 Å². The summed E-state index contributed by atoms with van der Waals surface area (Å²) in [5.41, 5.74) is 0.212. The Hall–Kier alpha value is -3.42. The van der Waals surface area contributed by atoms with Crippen LogP contribution in [0.4, 0.5) is 23.7 Å². The van der Waals surface area contributed by atoms with E-state index < -0.39 is 29.6 Å². The Bertz CT molecular complexity index is 946. The lowest BCUT2D eigenvalue weighted by Gasteiger charge is -2.26. The molecule has 0 unspecified atom stereocenters. The van der Waals surface area contributed by atoms with Crippen LogP contribution >= 0.6 is 0 Å². The number of nitrogens with one attached hydrogen (secondary N) is 1. The molecule has 1 saturated heterocycles. The van der Waals surface area contributed by atoms with Gasteiger partial charge in [0.05, 0.1) is 11.3 Å². The summed E-state index contributed by atoms with van der Waals surface area (Å²) in [5, 5.41) is 2.06. The molecule has 0 atom stereocenters. The zero-order chi connectivity index (χ0) is 19.8. The van der Waals surface area contributed by atoms with Crippen LogP contribution in [0.3, 0.4) is 0 Å². The highest BCUT2D eigenvalue weighted by Crippen LogP contribution is 2.29. The highest BCUT2D eigenvalue weighted by atomic mass is 19.4. The van der Waals surface area contributed by atoms with Crippen LogP contribution in [-0.2, 0) is 15.8 Å². The minimum atomic E-state index is -4.49. The molecular formula is C19H13F3N2O3. The molecule has 1 N–H and O–H groups in total. The molecule has 0 bridgehead atoms. The average molecular weight is 374 g/mol. The van der Waals surface area contributed by atoms with Crippen molar-refractivity contribution in [3.63, 3.8) is 0 Å². The number of carbonyl (C=O) groups excluding carboxylic acids is 3. The number of aryl methyl sites for hydroxylation is 1. The predicted molar refractivity (Wildman–Crippen MR) is 91.6 cm³/mol. The quantitative estimate of drug-likeness (QED) is 0.644. The Morgan fingerprint density at radius 3 is 2.07 bits per heavy atom. The number of imide groups is 2. The summed E-state index contributed by atoms with van der Waals surface area (Å²) in [6.45, 7) is 1.83. The van der Waals surface area contributed by atoms with E-state index in [1.807, 2.05) is 6.92 Å². The van der Waals surface area contributed by atoms with E-state index in [-0.39, 0.29) is 16.8 Å². The second-order valence-electron chi connectivity index (χ2n) is 5.91. The van der Waals surface area contributed by atoms with Crippen LogP contribution in [0.15, 0.2) is 54.1 Å². The molecule has 0 spiro atoms. The van der Waals surface area contributed by atoms with E-state index in [2.05, 4.69) is 5.32 Å². The van der Waals surface area contributed by atoms with Gasteiger partial charge in [-0.2, -0.15) is 13.2 Å². The molecule has 1 heterocycles. The normalized spacial score (nSPS) is 16.7. The fourth-order valence-electron chi connectivity index (χ4n) is 2.52. The summed E-state index contributed by atoms with van der Waals surface area (Å²) in [6.07, 6.45) is -3.34. The third-order valence-electron chi connectivity index (χ3n) is 3.94. The smallest absolute Gasteiger partial charge is 0.273 e. The summed E-state index contributed by atoms with van der Waals surface area (Å²) in [6, 6.07) is 9.60. The number of amides is 4. The standard InChI is InChI=1S/C19H13F3N2O3/c1-11-2-8-14(9-3-11)24-17(26)15(16(25)23-18(24)27)10-12-4-6-13(7-5-12)19(20,21)22/h2-10H,1H3,(H,23,25,27). The summed E-state index contributed by atoms with van der Waals surface area (Å²) in [7, 11) is 0. The maximum Gasteiger partial charge on any atom is 0.416 e. The molecule has 138 valence electrons.